The van der Waals surface area contributed by atoms with Gasteiger partial charge in [0.2, 0.25) is 11.8 Å². The minimum atomic E-state index is -0.467. The largest absolute Gasteiger partial charge is 0.370 e. The van der Waals surface area contributed by atoms with E-state index < -0.39 is 6.04 Å². The van der Waals surface area contributed by atoms with Gasteiger partial charge in [0.15, 0.2) is 0 Å². The number of hydrogen-bond acceptors (Lipinski definition) is 3. The van der Waals surface area contributed by atoms with Crippen molar-refractivity contribution >= 4 is 24.2 Å². The van der Waals surface area contributed by atoms with Crippen LogP contribution in [0.4, 0.5) is 0 Å². The average molecular weight is 292 g/mol. The number of amides is 2. The molecule has 1 aliphatic rings. The number of rotatable bonds is 3. The van der Waals surface area contributed by atoms with Crippen molar-refractivity contribution in [2.75, 3.05) is 13.1 Å². The summed E-state index contributed by atoms with van der Waals surface area (Å²) in [7, 11) is 0. The molecule has 0 aromatic heterocycles. The number of hydrogen-bond donors (Lipinski definition) is 2. The summed E-state index contributed by atoms with van der Waals surface area (Å²) in [5.74, 6) is 0.0728. The first-order chi connectivity index (χ1) is 8.21. The van der Waals surface area contributed by atoms with Gasteiger partial charge in [-0.2, -0.15) is 0 Å². The molecule has 0 radical (unpaired) electrons. The van der Waals surface area contributed by atoms with Gasteiger partial charge in [-0.15, -0.1) is 12.4 Å². The second kappa shape index (κ2) is 7.10. The maximum absolute atomic E-state index is 12.2. The fourth-order valence-electron chi connectivity index (χ4n) is 2.21. The molecule has 6 heteroatoms. The van der Waals surface area contributed by atoms with E-state index in [1.807, 2.05) is 25.7 Å². The molecule has 19 heavy (non-hydrogen) atoms. The van der Waals surface area contributed by atoms with E-state index in [1.54, 1.807) is 0 Å². The zero-order valence-electron chi connectivity index (χ0n) is 12.0. The fourth-order valence-corrected chi connectivity index (χ4v) is 2.21. The summed E-state index contributed by atoms with van der Waals surface area (Å²) < 4.78 is 0. The molecule has 1 rings (SSSR count). The van der Waals surface area contributed by atoms with Gasteiger partial charge in [0.1, 0.15) is 0 Å². The number of primary amides is 1. The van der Waals surface area contributed by atoms with Gasteiger partial charge in [-0.05, 0) is 24.2 Å². The van der Waals surface area contributed by atoms with Gasteiger partial charge in [-0.25, -0.2) is 0 Å². The van der Waals surface area contributed by atoms with Crippen molar-refractivity contribution < 1.29 is 9.59 Å². The van der Waals surface area contributed by atoms with E-state index in [9.17, 15) is 9.59 Å². The summed E-state index contributed by atoms with van der Waals surface area (Å²) in [5.41, 5.74) is 10.9. The molecule has 1 saturated heterocycles. The Morgan fingerprint density at radius 3 is 2.11 bits per heavy atom. The second-order valence-corrected chi connectivity index (χ2v) is 6.28. The molecule has 5 nitrogen and oxygen atoms in total. The zero-order chi connectivity index (χ0) is 13.9. The molecule has 0 saturated carbocycles. The summed E-state index contributed by atoms with van der Waals surface area (Å²) in [6, 6.07) is -0.467. The van der Waals surface area contributed by atoms with Gasteiger partial charge in [0.25, 0.3) is 0 Å². The summed E-state index contributed by atoms with van der Waals surface area (Å²) >= 11 is 0. The molecule has 1 aliphatic heterocycles. The topological polar surface area (TPSA) is 89.4 Å². The van der Waals surface area contributed by atoms with E-state index in [2.05, 4.69) is 0 Å². The number of halogens is 1. The van der Waals surface area contributed by atoms with Crippen molar-refractivity contribution in [3.63, 3.8) is 0 Å². The Kier molecular flexibility index (Phi) is 6.80. The maximum Gasteiger partial charge on any atom is 0.240 e. The number of piperidine rings is 1. The van der Waals surface area contributed by atoms with Crippen LogP contribution in [0.3, 0.4) is 0 Å². The molecule has 1 atom stereocenters. The normalized spacial score (nSPS) is 18.6. The first-order valence-corrected chi connectivity index (χ1v) is 6.54. The van der Waals surface area contributed by atoms with Crippen LogP contribution in [-0.4, -0.2) is 35.8 Å². The monoisotopic (exact) mass is 291 g/mol. The summed E-state index contributed by atoms with van der Waals surface area (Å²) in [6.45, 7) is 7.27. The molecule has 0 unspecified atom stereocenters. The standard InChI is InChI=1S/C13H25N3O2.ClH/c1-13(2,3)11(15)12(18)16-6-4-9(5-7-16)8-10(14)17;/h9,11H,4-8,15H2,1-3H3,(H2,14,17);1H/t11-;/m1./s1. The predicted octanol–water partition coefficient (Wildman–Crippen LogP) is 0.896. The van der Waals surface area contributed by atoms with Crippen molar-refractivity contribution in [2.24, 2.45) is 22.8 Å². The molecule has 0 spiro atoms. The maximum atomic E-state index is 12.2. The third-order valence-corrected chi connectivity index (χ3v) is 3.62. The molecule has 0 aromatic rings. The molecular weight excluding hydrogens is 266 g/mol. The Labute approximate surface area is 121 Å². The molecule has 0 bridgehead atoms. The Bertz CT molecular complexity index is 320. The van der Waals surface area contributed by atoms with Crippen LogP contribution in [0.5, 0.6) is 0 Å². The van der Waals surface area contributed by atoms with E-state index in [-0.39, 0.29) is 29.6 Å². The highest BCUT2D eigenvalue weighted by atomic mass is 35.5. The van der Waals surface area contributed by atoms with E-state index in [0.717, 1.165) is 12.8 Å². The minimum absolute atomic E-state index is 0. The van der Waals surface area contributed by atoms with Gasteiger partial charge in [0.05, 0.1) is 6.04 Å². The average Bonchev–Trinajstić information content (AvgIpc) is 2.26. The van der Waals surface area contributed by atoms with Gasteiger partial charge in [-0.1, -0.05) is 20.8 Å². The number of likely N-dealkylation sites (tertiary alicyclic amines) is 1. The zero-order valence-corrected chi connectivity index (χ0v) is 12.8. The molecule has 2 amide bonds. The van der Waals surface area contributed by atoms with E-state index in [4.69, 9.17) is 11.5 Å². The van der Waals surface area contributed by atoms with Crippen LogP contribution in [0.15, 0.2) is 0 Å². The SMILES string of the molecule is CC(C)(C)[C@H](N)C(=O)N1CCC(CC(N)=O)CC1.Cl. The number of nitrogens with zero attached hydrogens (tertiary/aromatic N) is 1. The van der Waals surface area contributed by atoms with Crippen molar-refractivity contribution in [1.29, 1.82) is 0 Å². The van der Waals surface area contributed by atoms with Crippen LogP contribution >= 0.6 is 12.4 Å². The highest BCUT2D eigenvalue weighted by Gasteiger charge is 2.33. The summed E-state index contributed by atoms with van der Waals surface area (Å²) in [5, 5.41) is 0. The van der Waals surface area contributed by atoms with E-state index in [1.165, 1.54) is 0 Å². The van der Waals surface area contributed by atoms with Crippen molar-refractivity contribution in [2.45, 2.75) is 46.1 Å². The first-order valence-electron chi connectivity index (χ1n) is 6.54. The third-order valence-electron chi connectivity index (χ3n) is 3.62. The molecule has 0 aromatic carbocycles. The molecule has 0 aliphatic carbocycles. The van der Waals surface area contributed by atoms with Gasteiger partial charge in [0, 0.05) is 19.5 Å². The Balaban J connectivity index is 0.00000324. The van der Waals surface area contributed by atoms with Crippen molar-refractivity contribution in [3.05, 3.63) is 0 Å². The van der Waals surface area contributed by atoms with Crippen LogP contribution in [0, 0.1) is 11.3 Å². The Morgan fingerprint density at radius 2 is 1.74 bits per heavy atom. The molecule has 4 N–H and O–H groups in total. The third kappa shape index (κ3) is 5.37. The summed E-state index contributed by atoms with van der Waals surface area (Å²) in [6.07, 6.45) is 2.10. The van der Waals surface area contributed by atoms with Crippen LogP contribution in [0.1, 0.15) is 40.0 Å². The molecule has 112 valence electrons. The van der Waals surface area contributed by atoms with Crippen molar-refractivity contribution in [3.8, 4) is 0 Å². The quantitative estimate of drug-likeness (QED) is 0.809. The lowest BCUT2D eigenvalue weighted by Crippen LogP contribution is -2.52. The van der Waals surface area contributed by atoms with Crippen LogP contribution < -0.4 is 11.5 Å². The Hall–Kier alpha value is -0.810. The first kappa shape index (κ1) is 18.2. The van der Waals surface area contributed by atoms with Crippen LogP contribution in [0.2, 0.25) is 0 Å². The Morgan fingerprint density at radius 1 is 1.26 bits per heavy atom. The van der Waals surface area contributed by atoms with Crippen LogP contribution in [-0.2, 0) is 9.59 Å². The number of carbonyl (C=O) groups excluding carboxylic acids is 2. The smallest absolute Gasteiger partial charge is 0.240 e. The van der Waals surface area contributed by atoms with Crippen LogP contribution in [0.25, 0.3) is 0 Å². The minimum Gasteiger partial charge on any atom is -0.370 e. The fraction of sp³-hybridized carbons (Fsp3) is 0.846. The van der Waals surface area contributed by atoms with E-state index in [0.29, 0.717) is 25.4 Å². The molecule has 1 fully saturated rings. The number of nitrogens with two attached hydrogens (primary N) is 2. The van der Waals surface area contributed by atoms with Gasteiger partial charge < -0.3 is 16.4 Å². The molecular formula is C13H26ClN3O2. The van der Waals surface area contributed by atoms with Crippen molar-refractivity contribution in [1.82, 2.24) is 4.90 Å². The second-order valence-electron chi connectivity index (χ2n) is 6.28. The van der Waals surface area contributed by atoms with E-state index >= 15 is 0 Å². The lowest BCUT2D eigenvalue weighted by Gasteiger charge is -2.36. The lowest BCUT2D eigenvalue weighted by atomic mass is 9.85. The summed E-state index contributed by atoms with van der Waals surface area (Å²) in [4.78, 5) is 24.8. The number of carbonyl (C=O) groups is 2. The van der Waals surface area contributed by atoms with Gasteiger partial charge >= 0.3 is 0 Å². The predicted molar refractivity (Wildman–Crippen MR) is 77.8 cm³/mol. The van der Waals surface area contributed by atoms with Gasteiger partial charge in [-0.3, -0.25) is 9.59 Å². The highest BCUT2D eigenvalue weighted by molar-refractivity contribution is 5.85. The molecule has 1 heterocycles. The lowest BCUT2D eigenvalue weighted by molar-refractivity contribution is -0.136. The highest BCUT2D eigenvalue weighted by Crippen LogP contribution is 2.24.